The summed E-state index contributed by atoms with van der Waals surface area (Å²) in [5.41, 5.74) is 2.57. The second kappa shape index (κ2) is 8.95. The van der Waals surface area contributed by atoms with E-state index in [2.05, 4.69) is 6.92 Å². The molecule has 0 aromatic heterocycles. The van der Waals surface area contributed by atoms with Gasteiger partial charge < -0.3 is 14.7 Å². The fourth-order valence-electron chi connectivity index (χ4n) is 3.65. The first-order valence-corrected chi connectivity index (χ1v) is 10.0. The fraction of sp³-hybridized carbons (Fsp3) is 0.333. The number of aryl methyl sites for hydroxylation is 1. The van der Waals surface area contributed by atoms with Gasteiger partial charge >= 0.3 is 0 Å². The summed E-state index contributed by atoms with van der Waals surface area (Å²) in [4.78, 5) is 27.3. The van der Waals surface area contributed by atoms with Crippen molar-refractivity contribution in [3.8, 4) is 5.75 Å². The highest BCUT2D eigenvalue weighted by Gasteiger charge is 2.45. The Labute approximate surface area is 171 Å². The van der Waals surface area contributed by atoms with Gasteiger partial charge in [0.2, 0.25) is 0 Å². The molecule has 0 radical (unpaired) electrons. The van der Waals surface area contributed by atoms with E-state index in [1.54, 1.807) is 29.2 Å². The molecule has 1 N–H and O–H groups in total. The van der Waals surface area contributed by atoms with Crippen LogP contribution in [0.3, 0.4) is 0 Å². The molecule has 3 rings (SSSR count). The molecule has 29 heavy (non-hydrogen) atoms. The number of hydrogen-bond donors (Lipinski definition) is 1. The van der Waals surface area contributed by atoms with Gasteiger partial charge in [0.1, 0.15) is 11.5 Å². The van der Waals surface area contributed by atoms with Crippen molar-refractivity contribution in [1.82, 2.24) is 4.90 Å². The molecule has 0 spiro atoms. The number of methoxy groups -OCH3 is 1. The van der Waals surface area contributed by atoms with Crippen LogP contribution in [0, 0.1) is 0 Å². The Morgan fingerprint density at radius 1 is 1.10 bits per heavy atom. The zero-order chi connectivity index (χ0) is 21.0. The molecule has 152 valence electrons. The molecule has 1 heterocycles. The zero-order valence-electron chi connectivity index (χ0n) is 17.1. The van der Waals surface area contributed by atoms with E-state index in [9.17, 15) is 14.7 Å². The second-order valence-corrected chi connectivity index (χ2v) is 7.17. The number of unbranched alkanes of at least 4 members (excludes halogenated alkanes) is 1. The Morgan fingerprint density at radius 2 is 1.83 bits per heavy atom. The van der Waals surface area contributed by atoms with Gasteiger partial charge in [-0.2, -0.15) is 0 Å². The van der Waals surface area contributed by atoms with Crippen LogP contribution in [0.25, 0.3) is 5.76 Å². The van der Waals surface area contributed by atoms with Crippen LogP contribution in [0.5, 0.6) is 5.75 Å². The first-order valence-electron chi connectivity index (χ1n) is 10.0. The summed E-state index contributed by atoms with van der Waals surface area (Å²) < 4.78 is 5.23. The predicted octanol–water partition coefficient (Wildman–Crippen LogP) is 4.48. The minimum absolute atomic E-state index is 0.128. The topological polar surface area (TPSA) is 66.8 Å². The molecule has 2 aromatic rings. The predicted molar refractivity (Wildman–Crippen MR) is 113 cm³/mol. The first-order chi connectivity index (χ1) is 14.0. The molecule has 1 unspecified atom stereocenters. The standard InChI is InChI=1S/C24H27NO4/c1-4-6-14-25-21(17-12-10-16(5-2)11-13-17)20(23(27)24(25)28)22(26)18-8-7-9-19(15-18)29-3/h7-13,15,21,26H,4-6,14H2,1-3H3/b22-20-. The summed E-state index contributed by atoms with van der Waals surface area (Å²) >= 11 is 0. The van der Waals surface area contributed by atoms with Crippen molar-refractivity contribution < 1.29 is 19.4 Å². The smallest absolute Gasteiger partial charge is 0.295 e. The van der Waals surface area contributed by atoms with Gasteiger partial charge in [-0.25, -0.2) is 0 Å². The largest absolute Gasteiger partial charge is 0.507 e. The lowest BCUT2D eigenvalue weighted by molar-refractivity contribution is -0.139. The van der Waals surface area contributed by atoms with Gasteiger partial charge in [-0.05, 0) is 36.1 Å². The lowest BCUT2D eigenvalue weighted by atomic mass is 9.94. The Balaban J connectivity index is 2.14. The fourth-order valence-corrected chi connectivity index (χ4v) is 3.65. The summed E-state index contributed by atoms with van der Waals surface area (Å²) in [5.74, 6) is -0.817. The van der Waals surface area contributed by atoms with Crippen LogP contribution in [0.2, 0.25) is 0 Å². The van der Waals surface area contributed by atoms with Crippen LogP contribution in [-0.2, 0) is 16.0 Å². The van der Waals surface area contributed by atoms with Crippen LogP contribution in [0.4, 0.5) is 0 Å². The lowest BCUT2D eigenvalue weighted by Gasteiger charge is -2.25. The van der Waals surface area contributed by atoms with Crippen molar-refractivity contribution in [3.05, 3.63) is 70.8 Å². The summed E-state index contributed by atoms with van der Waals surface area (Å²) in [6.45, 7) is 4.58. The van der Waals surface area contributed by atoms with E-state index in [1.165, 1.54) is 12.7 Å². The number of carbonyl (C=O) groups is 2. The van der Waals surface area contributed by atoms with Crippen molar-refractivity contribution in [2.24, 2.45) is 0 Å². The molecule has 1 aliphatic rings. The van der Waals surface area contributed by atoms with Crippen molar-refractivity contribution in [2.75, 3.05) is 13.7 Å². The third-order valence-corrected chi connectivity index (χ3v) is 5.34. The van der Waals surface area contributed by atoms with Gasteiger partial charge in [-0.15, -0.1) is 0 Å². The van der Waals surface area contributed by atoms with E-state index in [1.807, 2.05) is 31.2 Å². The Kier molecular flexibility index (Phi) is 6.37. The number of likely N-dealkylation sites (tertiary alicyclic amines) is 1. The Bertz CT molecular complexity index is 930. The van der Waals surface area contributed by atoms with E-state index >= 15 is 0 Å². The van der Waals surface area contributed by atoms with Gasteiger partial charge in [0.15, 0.2) is 0 Å². The molecule has 2 aromatic carbocycles. The van der Waals surface area contributed by atoms with E-state index in [0.717, 1.165) is 24.8 Å². The summed E-state index contributed by atoms with van der Waals surface area (Å²) in [7, 11) is 1.54. The van der Waals surface area contributed by atoms with Crippen molar-refractivity contribution in [3.63, 3.8) is 0 Å². The number of benzene rings is 2. The maximum Gasteiger partial charge on any atom is 0.295 e. The molecular formula is C24H27NO4. The molecule has 1 aliphatic heterocycles. The van der Waals surface area contributed by atoms with E-state index in [0.29, 0.717) is 17.9 Å². The summed E-state index contributed by atoms with van der Waals surface area (Å²) in [6, 6.07) is 14.1. The number of ether oxygens (including phenoxy) is 1. The minimum Gasteiger partial charge on any atom is -0.507 e. The molecule has 1 fully saturated rings. The average Bonchev–Trinajstić information content (AvgIpc) is 3.02. The van der Waals surface area contributed by atoms with E-state index in [4.69, 9.17) is 4.74 Å². The highest BCUT2D eigenvalue weighted by molar-refractivity contribution is 6.46. The van der Waals surface area contributed by atoms with Gasteiger partial charge in [0.25, 0.3) is 11.7 Å². The average molecular weight is 393 g/mol. The summed E-state index contributed by atoms with van der Waals surface area (Å²) in [6.07, 6.45) is 2.59. The monoisotopic (exact) mass is 393 g/mol. The molecule has 5 nitrogen and oxygen atoms in total. The molecule has 0 aliphatic carbocycles. The zero-order valence-corrected chi connectivity index (χ0v) is 17.1. The van der Waals surface area contributed by atoms with Crippen LogP contribution < -0.4 is 4.74 Å². The molecule has 1 atom stereocenters. The first kappa shape index (κ1) is 20.6. The number of Topliss-reactive ketones (excluding diaryl/α,β-unsaturated/α-hetero) is 1. The molecule has 0 bridgehead atoms. The highest BCUT2D eigenvalue weighted by Crippen LogP contribution is 2.40. The third-order valence-electron chi connectivity index (χ3n) is 5.34. The third kappa shape index (κ3) is 4.04. The van der Waals surface area contributed by atoms with Crippen LogP contribution >= 0.6 is 0 Å². The van der Waals surface area contributed by atoms with Gasteiger partial charge in [-0.3, -0.25) is 9.59 Å². The molecule has 1 saturated heterocycles. The van der Waals surface area contributed by atoms with Gasteiger partial charge in [0, 0.05) is 12.1 Å². The van der Waals surface area contributed by atoms with Crippen LogP contribution in [0.1, 0.15) is 49.4 Å². The SMILES string of the molecule is CCCCN1C(=O)C(=O)/C(=C(\O)c2cccc(OC)c2)C1c1ccc(CC)cc1. The maximum atomic E-state index is 12.9. The quantitative estimate of drug-likeness (QED) is 0.428. The Hall–Kier alpha value is -3.08. The van der Waals surface area contributed by atoms with E-state index < -0.39 is 17.7 Å². The van der Waals surface area contributed by atoms with Crippen molar-refractivity contribution in [1.29, 1.82) is 0 Å². The Morgan fingerprint density at radius 3 is 2.45 bits per heavy atom. The molecular weight excluding hydrogens is 366 g/mol. The maximum absolute atomic E-state index is 12.9. The van der Waals surface area contributed by atoms with Gasteiger partial charge in [0.05, 0.1) is 18.7 Å². The number of carbonyl (C=O) groups excluding carboxylic acids is 2. The number of aliphatic hydroxyl groups excluding tert-OH is 1. The highest BCUT2D eigenvalue weighted by atomic mass is 16.5. The second-order valence-electron chi connectivity index (χ2n) is 7.17. The number of nitrogens with zero attached hydrogens (tertiary/aromatic N) is 1. The van der Waals surface area contributed by atoms with Crippen molar-refractivity contribution in [2.45, 2.75) is 39.2 Å². The number of ketones is 1. The van der Waals surface area contributed by atoms with Crippen LogP contribution in [0.15, 0.2) is 54.1 Å². The summed E-state index contributed by atoms with van der Waals surface area (Å²) in [5, 5.41) is 11.0. The minimum atomic E-state index is -0.647. The van der Waals surface area contributed by atoms with Crippen molar-refractivity contribution >= 4 is 17.4 Å². The lowest BCUT2D eigenvalue weighted by Crippen LogP contribution is -2.30. The molecule has 0 saturated carbocycles. The van der Waals surface area contributed by atoms with E-state index in [-0.39, 0.29) is 11.3 Å². The number of rotatable bonds is 7. The number of aliphatic hydroxyl groups is 1. The number of amides is 1. The molecule has 5 heteroatoms. The normalized spacial score (nSPS) is 18.3. The van der Waals surface area contributed by atoms with Gasteiger partial charge in [-0.1, -0.05) is 56.7 Å². The molecule has 1 amide bonds. The van der Waals surface area contributed by atoms with Crippen LogP contribution in [-0.4, -0.2) is 35.4 Å². The number of hydrogen-bond acceptors (Lipinski definition) is 4.